The molecule has 0 spiro atoms. The minimum atomic E-state index is -0.820. The number of carbonyl (C=O) groups excluding carboxylic acids is 3. The van der Waals surface area contributed by atoms with Crippen molar-refractivity contribution in [3.05, 3.63) is 111 Å². The molecule has 0 aromatic heterocycles. The van der Waals surface area contributed by atoms with E-state index in [1.807, 2.05) is 63.2 Å². The van der Waals surface area contributed by atoms with Crippen LogP contribution in [0.4, 0.5) is 21.9 Å². The Hall–Kier alpha value is -5.76. The van der Waals surface area contributed by atoms with E-state index in [2.05, 4.69) is 20.4 Å². The minimum Gasteiger partial charge on any atom is -0.466 e. The zero-order valence-corrected chi connectivity index (χ0v) is 28.6. The maximum Gasteiger partial charge on any atom is 0.318 e. The van der Waals surface area contributed by atoms with Crippen LogP contribution in [-0.2, 0) is 9.53 Å². The molecule has 14 heteroatoms. The molecule has 4 rings (SSSR count). The van der Waals surface area contributed by atoms with Gasteiger partial charge in [-0.05, 0) is 70.8 Å². The average molecular weight is 673 g/mol. The summed E-state index contributed by atoms with van der Waals surface area (Å²) < 4.78 is 4.40. The molecule has 3 aromatic rings. The molecule has 0 fully saturated rings. The number of nitro groups is 1. The molecule has 1 aliphatic rings. The molecule has 6 N–H and O–H groups in total. The number of aliphatic imine (C=N–C) groups is 1. The Bertz CT molecular complexity index is 1700. The van der Waals surface area contributed by atoms with Crippen molar-refractivity contribution in [2.45, 2.75) is 39.3 Å². The van der Waals surface area contributed by atoms with Gasteiger partial charge >= 0.3 is 12.0 Å². The Balaban J connectivity index is 0.000000992. The second kappa shape index (κ2) is 16.9. The summed E-state index contributed by atoms with van der Waals surface area (Å²) >= 11 is 0. The van der Waals surface area contributed by atoms with Gasteiger partial charge in [-0.15, -0.1) is 0 Å². The van der Waals surface area contributed by atoms with Gasteiger partial charge in [0.1, 0.15) is 5.84 Å². The van der Waals surface area contributed by atoms with E-state index >= 15 is 0 Å². The van der Waals surface area contributed by atoms with Crippen molar-refractivity contribution in [2.75, 3.05) is 39.1 Å². The monoisotopic (exact) mass is 672 g/mol. The van der Waals surface area contributed by atoms with Crippen LogP contribution in [0.5, 0.6) is 0 Å². The normalized spacial score (nSPS) is 14.4. The van der Waals surface area contributed by atoms with Crippen molar-refractivity contribution in [1.82, 2.24) is 15.1 Å². The molecule has 14 nitrogen and oxygen atoms in total. The van der Waals surface area contributed by atoms with Gasteiger partial charge in [0.05, 0.1) is 35.3 Å². The molecular weight excluding hydrogens is 628 g/mol. The van der Waals surface area contributed by atoms with Crippen molar-refractivity contribution in [1.29, 1.82) is 0 Å². The van der Waals surface area contributed by atoms with Crippen molar-refractivity contribution >= 4 is 40.8 Å². The number of amidine groups is 1. The van der Waals surface area contributed by atoms with Gasteiger partial charge in [0, 0.05) is 48.1 Å². The molecule has 0 saturated heterocycles. The molecule has 1 aliphatic heterocycles. The summed E-state index contributed by atoms with van der Waals surface area (Å²) in [4.78, 5) is 54.6. The van der Waals surface area contributed by atoms with Gasteiger partial charge < -0.3 is 36.6 Å². The Kier molecular flexibility index (Phi) is 13.0. The first-order valence-corrected chi connectivity index (χ1v) is 15.5. The highest BCUT2D eigenvalue weighted by molar-refractivity contribution is 6.05. The molecule has 0 saturated carbocycles. The number of nitrogens with one attached hydrogen (secondary N) is 2. The maximum atomic E-state index is 13.6. The first-order valence-electron chi connectivity index (χ1n) is 15.5. The predicted molar refractivity (Wildman–Crippen MR) is 189 cm³/mol. The van der Waals surface area contributed by atoms with E-state index < -0.39 is 16.4 Å². The summed E-state index contributed by atoms with van der Waals surface area (Å²) in [6.07, 6.45) is 0. The number of esters is 1. The van der Waals surface area contributed by atoms with Crippen LogP contribution in [0.25, 0.3) is 0 Å². The van der Waals surface area contributed by atoms with Gasteiger partial charge in [0.15, 0.2) is 0 Å². The van der Waals surface area contributed by atoms with Crippen LogP contribution >= 0.6 is 0 Å². The number of ether oxygens (including phenoxy) is 1. The van der Waals surface area contributed by atoms with Crippen LogP contribution in [0.2, 0.25) is 0 Å². The Labute approximate surface area is 286 Å². The fourth-order valence-electron chi connectivity index (χ4n) is 5.01. The van der Waals surface area contributed by atoms with Gasteiger partial charge in [-0.1, -0.05) is 36.4 Å². The van der Waals surface area contributed by atoms with E-state index in [0.29, 0.717) is 35.8 Å². The number of hydrogen-bond donors (Lipinski definition) is 4. The highest BCUT2D eigenvalue weighted by Gasteiger charge is 2.42. The number of urea groups is 1. The Morgan fingerprint density at radius 3 is 2.27 bits per heavy atom. The third kappa shape index (κ3) is 10.4. The third-order valence-corrected chi connectivity index (χ3v) is 7.62. The molecule has 0 radical (unpaired) electrons. The van der Waals surface area contributed by atoms with Crippen molar-refractivity contribution in [2.24, 2.45) is 16.5 Å². The average Bonchev–Trinajstić information content (AvgIpc) is 3.29. The zero-order valence-electron chi connectivity index (χ0n) is 28.6. The molecule has 0 bridgehead atoms. The SMILES string of the molecule is CCOC(C)=O.CN(C)C[C@@H](NC(=O)N1CC(C(N)=Nc2cccc(NC(=O)c3ccc([N+](=O)[O-])cc3)c2)=C(N)C1(C)C)c1ccccc1. The molecule has 3 amide bonds. The van der Waals surface area contributed by atoms with Crippen LogP contribution in [0.15, 0.2) is 95.1 Å². The number of likely N-dealkylation sites (N-methyl/N-ethyl adjacent to an activating group) is 1. The van der Waals surface area contributed by atoms with E-state index in [9.17, 15) is 24.5 Å². The fraction of sp³-hybridized carbons (Fsp3) is 0.314. The molecule has 0 unspecified atom stereocenters. The number of nitro benzene ring substituents is 1. The lowest BCUT2D eigenvalue weighted by molar-refractivity contribution is -0.384. The second-order valence-electron chi connectivity index (χ2n) is 11.9. The van der Waals surface area contributed by atoms with E-state index in [1.165, 1.54) is 31.2 Å². The summed E-state index contributed by atoms with van der Waals surface area (Å²) in [5, 5.41) is 16.8. The van der Waals surface area contributed by atoms with E-state index in [0.717, 1.165) is 5.56 Å². The first kappa shape index (κ1) is 37.7. The number of carbonyl (C=O) groups is 3. The van der Waals surface area contributed by atoms with Gasteiger partial charge in [-0.3, -0.25) is 19.7 Å². The zero-order chi connectivity index (χ0) is 36.3. The van der Waals surface area contributed by atoms with Crippen LogP contribution < -0.4 is 22.1 Å². The predicted octanol–water partition coefficient (Wildman–Crippen LogP) is 4.72. The lowest BCUT2D eigenvalue weighted by atomic mass is 10.00. The molecular formula is C35H44N8O6. The van der Waals surface area contributed by atoms with Gasteiger partial charge in [0.25, 0.3) is 11.6 Å². The second-order valence-corrected chi connectivity index (χ2v) is 11.9. The number of rotatable bonds is 10. The smallest absolute Gasteiger partial charge is 0.318 e. The Morgan fingerprint density at radius 1 is 1.06 bits per heavy atom. The number of nitrogens with zero attached hydrogens (tertiary/aromatic N) is 4. The summed E-state index contributed by atoms with van der Waals surface area (Å²) in [6, 6.07) is 21.3. The number of anilines is 1. The first-order chi connectivity index (χ1) is 23.1. The summed E-state index contributed by atoms with van der Waals surface area (Å²) in [6.45, 7) is 8.15. The highest BCUT2D eigenvalue weighted by atomic mass is 16.6. The summed E-state index contributed by atoms with van der Waals surface area (Å²) in [5.41, 5.74) is 15.2. The summed E-state index contributed by atoms with van der Waals surface area (Å²) in [5.74, 6) is -0.483. The fourth-order valence-corrected chi connectivity index (χ4v) is 5.01. The molecule has 1 atom stereocenters. The van der Waals surface area contributed by atoms with Crippen LogP contribution in [0, 0.1) is 10.1 Å². The molecule has 3 aromatic carbocycles. The standard InChI is InChI=1S/C31H36N8O4.C4H8O2/c1-31(2)27(32)25(18-38(31)30(41)36-26(19-37(3)4)20-9-6-5-7-10-20)28(33)34-22-11-8-12-23(17-22)35-29(40)21-13-15-24(16-14-21)39(42)43;1-3-6-4(2)5/h5-17,26H,18-19,32H2,1-4H3,(H2,33,34)(H,35,40)(H,36,41);3H2,1-2H3/t26-;/m1./s1. The topological polar surface area (TPSA) is 199 Å². The lowest BCUT2D eigenvalue weighted by Crippen LogP contribution is -2.52. The summed E-state index contributed by atoms with van der Waals surface area (Å²) in [7, 11) is 3.90. The van der Waals surface area contributed by atoms with E-state index in [1.54, 1.807) is 36.1 Å². The van der Waals surface area contributed by atoms with E-state index in [4.69, 9.17) is 11.5 Å². The van der Waals surface area contributed by atoms with Crippen molar-refractivity contribution in [3.8, 4) is 0 Å². The minimum absolute atomic E-state index is 0.104. The number of benzene rings is 3. The Morgan fingerprint density at radius 2 is 1.71 bits per heavy atom. The van der Waals surface area contributed by atoms with Crippen molar-refractivity contribution in [3.63, 3.8) is 0 Å². The van der Waals surface area contributed by atoms with Crippen molar-refractivity contribution < 1.29 is 24.0 Å². The molecule has 260 valence electrons. The largest absolute Gasteiger partial charge is 0.466 e. The molecule has 49 heavy (non-hydrogen) atoms. The highest BCUT2D eigenvalue weighted by Crippen LogP contribution is 2.32. The van der Waals surface area contributed by atoms with Gasteiger partial charge in [0.2, 0.25) is 0 Å². The third-order valence-electron chi connectivity index (χ3n) is 7.62. The van der Waals surface area contributed by atoms with Gasteiger partial charge in [-0.2, -0.15) is 0 Å². The molecule has 0 aliphatic carbocycles. The molecule has 1 heterocycles. The van der Waals surface area contributed by atoms with Gasteiger partial charge in [-0.25, -0.2) is 9.79 Å². The maximum absolute atomic E-state index is 13.6. The number of nitrogens with two attached hydrogens (primary N) is 2. The quantitative estimate of drug-likeness (QED) is 0.0773. The van der Waals surface area contributed by atoms with Crippen LogP contribution in [0.3, 0.4) is 0 Å². The van der Waals surface area contributed by atoms with E-state index in [-0.39, 0.29) is 41.7 Å². The van der Waals surface area contributed by atoms with Crippen LogP contribution in [0.1, 0.15) is 49.7 Å². The number of non-ortho nitro benzene ring substituents is 1. The lowest BCUT2D eigenvalue weighted by Gasteiger charge is -2.35. The number of amides is 3. The number of hydrogen-bond acceptors (Lipinski definition) is 9. The van der Waals surface area contributed by atoms with Crippen LogP contribution in [-0.4, -0.2) is 77.8 Å².